The molecule has 0 radical (unpaired) electrons. The molecule has 0 amide bonds. The summed E-state index contributed by atoms with van der Waals surface area (Å²) in [5.41, 5.74) is 2.73. The van der Waals surface area contributed by atoms with Crippen LogP contribution in [0, 0.1) is 0 Å². The van der Waals surface area contributed by atoms with Crippen LogP contribution >= 0.6 is 23.5 Å². The van der Waals surface area contributed by atoms with Crippen LogP contribution in [0.4, 0.5) is 0 Å². The minimum atomic E-state index is -0.274. The third kappa shape index (κ3) is 3.79. The van der Waals surface area contributed by atoms with Crippen LogP contribution in [0.3, 0.4) is 0 Å². The van der Waals surface area contributed by atoms with Gasteiger partial charge in [0.1, 0.15) is 0 Å². The maximum absolute atomic E-state index is 12.4. The largest absolute Gasteiger partial charge is 0.462 e. The van der Waals surface area contributed by atoms with Gasteiger partial charge >= 0.3 is 5.97 Å². The van der Waals surface area contributed by atoms with Gasteiger partial charge < -0.3 is 4.74 Å². The Balaban J connectivity index is 1.93. The highest BCUT2D eigenvalue weighted by Crippen LogP contribution is 2.52. The van der Waals surface area contributed by atoms with E-state index in [1.807, 2.05) is 25.1 Å². The van der Waals surface area contributed by atoms with Crippen molar-refractivity contribution >= 4 is 35.1 Å². The molecular formula is C18H17NO2S2. The predicted octanol–water partition coefficient (Wildman–Crippen LogP) is 4.53. The molecule has 5 heteroatoms. The lowest BCUT2D eigenvalue weighted by atomic mass is 10.1. The number of ether oxygens (including phenoxy) is 1. The first-order valence-corrected chi connectivity index (χ1v) is 9.32. The third-order valence-electron chi connectivity index (χ3n) is 3.42. The zero-order valence-electron chi connectivity index (χ0n) is 12.8. The Hall–Kier alpha value is -1.72. The lowest BCUT2D eigenvalue weighted by molar-refractivity contribution is -0.136. The van der Waals surface area contributed by atoms with E-state index >= 15 is 0 Å². The number of carbonyl (C=O) groups is 1. The summed E-state index contributed by atoms with van der Waals surface area (Å²) in [4.78, 5) is 16.6. The first-order valence-electron chi connectivity index (χ1n) is 7.45. The summed E-state index contributed by atoms with van der Waals surface area (Å²) in [6.45, 7) is 2.19. The standard InChI is InChI=1S/C18H17NO2S2/c1-2-21-17(20)16(14-9-6-10-19-11-14)18-22-12-15(23-18)13-7-4-3-5-8-13/h3-11,15H,2,12H2,1H3/b18-16+. The topological polar surface area (TPSA) is 39.2 Å². The molecule has 1 aromatic heterocycles. The van der Waals surface area contributed by atoms with Gasteiger partial charge in [0.25, 0.3) is 0 Å². The molecule has 3 nitrogen and oxygen atoms in total. The summed E-state index contributed by atoms with van der Waals surface area (Å²) in [7, 11) is 0. The van der Waals surface area contributed by atoms with E-state index in [-0.39, 0.29) is 5.97 Å². The molecule has 2 aromatic rings. The van der Waals surface area contributed by atoms with Gasteiger partial charge in [-0.25, -0.2) is 4.79 Å². The summed E-state index contributed by atoms with van der Waals surface area (Å²) >= 11 is 3.45. The number of hydrogen-bond acceptors (Lipinski definition) is 5. The molecule has 23 heavy (non-hydrogen) atoms. The monoisotopic (exact) mass is 343 g/mol. The average molecular weight is 343 g/mol. The highest BCUT2D eigenvalue weighted by molar-refractivity contribution is 8.25. The lowest BCUT2D eigenvalue weighted by Crippen LogP contribution is -2.08. The van der Waals surface area contributed by atoms with Crippen molar-refractivity contribution in [3.8, 4) is 0 Å². The molecule has 0 N–H and O–H groups in total. The van der Waals surface area contributed by atoms with Gasteiger partial charge in [-0.3, -0.25) is 4.98 Å². The second kappa shape index (κ2) is 7.70. The number of hydrogen-bond donors (Lipinski definition) is 0. The van der Waals surface area contributed by atoms with Gasteiger partial charge in [-0.15, -0.1) is 23.5 Å². The van der Waals surface area contributed by atoms with Crippen molar-refractivity contribution in [2.75, 3.05) is 12.4 Å². The maximum Gasteiger partial charge on any atom is 0.340 e. The molecule has 0 bridgehead atoms. The quantitative estimate of drug-likeness (QED) is 0.602. The van der Waals surface area contributed by atoms with Crippen molar-refractivity contribution in [2.45, 2.75) is 12.2 Å². The SMILES string of the molecule is CCOC(=O)/C(=C1\SCC(c2ccccc2)S1)c1cccnc1. The number of rotatable bonds is 4. The Morgan fingerprint density at radius 3 is 2.78 bits per heavy atom. The Kier molecular flexibility index (Phi) is 5.41. The minimum absolute atomic E-state index is 0.274. The van der Waals surface area contributed by atoms with Crippen LogP contribution in [0.25, 0.3) is 5.57 Å². The molecule has 1 aliphatic heterocycles. The summed E-state index contributed by atoms with van der Waals surface area (Å²) < 4.78 is 6.28. The second-order valence-corrected chi connectivity index (χ2v) is 7.45. The van der Waals surface area contributed by atoms with Gasteiger partial charge in [-0.05, 0) is 18.6 Å². The Morgan fingerprint density at radius 1 is 1.26 bits per heavy atom. The molecule has 1 saturated heterocycles. The maximum atomic E-state index is 12.4. The van der Waals surface area contributed by atoms with E-state index in [1.54, 1.807) is 35.9 Å². The van der Waals surface area contributed by atoms with E-state index in [0.717, 1.165) is 15.6 Å². The number of nitrogens with zero attached hydrogens (tertiary/aromatic N) is 1. The van der Waals surface area contributed by atoms with E-state index in [4.69, 9.17) is 4.74 Å². The highest BCUT2D eigenvalue weighted by atomic mass is 32.2. The first kappa shape index (κ1) is 16.1. The molecule has 1 aromatic carbocycles. The average Bonchev–Trinajstić information content (AvgIpc) is 3.07. The van der Waals surface area contributed by atoms with E-state index in [2.05, 4.69) is 29.2 Å². The summed E-state index contributed by atoms with van der Waals surface area (Å²) in [6, 6.07) is 14.1. The summed E-state index contributed by atoms with van der Waals surface area (Å²) in [5, 5.41) is 0.359. The van der Waals surface area contributed by atoms with Crippen LogP contribution in [0.1, 0.15) is 23.3 Å². The van der Waals surface area contributed by atoms with Crippen LogP contribution in [0.15, 0.2) is 59.1 Å². The molecule has 2 heterocycles. The van der Waals surface area contributed by atoms with Crippen LogP contribution in [0.2, 0.25) is 0 Å². The highest BCUT2D eigenvalue weighted by Gasteiger charge is 2.29. The fourth-order valence-corrected chi connectivity index (χ4v) is 5.36. The van der Waals surface area contributed by atoms with Crippen LogP contribution in [-0.2, 0) is 9.53 Å². The fraction of sp³-hybridized carbons (Fsp3) is 0.222. The van der Waals surface area contributed by atoms with Crippen LogP contribution in [-0.4, -0.2) is 23.3 Å². The molecule has 0 aliphatic carbocycles. The molecule has 1 aliphatic rings. The Bertz CT molecular complexity index is 701. The normalized spacial score (nSPS) is 19.4. The number of thioether (sulfide) groups is 2. The van der Waals surface area contributed by atoms with Gasteiger partial charge in [-0.2, -0.15) is 0 Å². The van der Waals surface area contributed by atoms with Gasteiger partial charge in [0.05, 0.1) is 16.4 Å². The molecule has 0 saturated carbocycles. The zero-order chi connectivity index (χ0) is 16.1. The molecular weight excluding hydrogens is 326 g/mol. The summed E-state index contributed by atoms with van der Waals surface area (Å²) in [6.07, 6.45) is 3.43. The number of aromatic nitrogens is 1. The van der Waals surface area contributed by atoms with Crippen molar-refractivity contribution in [2.24, 2.45) is 0 Å². The van der Waals surface area contributed by atoms with Gasteiger partial charge in [0.15, 0.2) is 0 Å². The first-order chi connectivity index (χ1) is 11.3. The number of carbonyl (C=O) groups excluding carboxylic acids is 1. The second-order valence-electron chi connectivity index (χ2n) is 4.95. The molecule has 1 unspecified atom stereocenters. The van der Waals surface area contributed by atoms with Crippen LogP contribution in [0.5, 0.6) is 0 Å². The van der Waals surface area contributed by atoms with Crippen molar-refractivity contribution < 1.29 is 9.53 Å². The Labute approximate surface area is 144 Å². The molecule has 1 fully saturated rings. The predicted molar refractivity (Wildman–Crippen MR) is 97.0 cm³/mol. The minimum Gasteiger partial charge on any atom is -0.462 e. The van der Waals surface area contributed by atoms with Crippen LogP contribution < -0.4 is 0 Å². The van der Waals surface area contributed by atoms with E-state index in [9.17, 15) is 4.79 Å². The molecule has 118 valence electrons. The van der Waals surface area contributed by atoms with Gasteiger partial charge in [0.2, 0.25) is 0 Å². The van der Waals surface area contributed by atoms with Crippen molar-refractivity contribution in [1.82, 2.24) is 4.98 Å². The number of pyridine rings is 1. The number of esters is 1. The number of benzene rings is 1. The zero-order valence-corrected chi connectivity index (χ0v) is 14.4. The van der Waals surface area contributed by atoms with E-state index in [1.165, 1.54) is 5.56 Å². The van der Waals surface area contributed by atoms with Gasteiger partial charge in [0, 0.05) is 29.0 Å². The lowest BCUT2D eigenvalue weighted by Gasteiger charge is -2.10. The Morgan fingerprint density at radius 2 is 2.09 bits per heavy atom. The third-order valence-corrected chi connectivity index (χ3v) is 6.38. The van der Waals surface area contributed by atoms with E-state index < -0.39 is 0 Å². The summed E-state index contributed by atoms with van der Waals surface area (Å²) in [5.74, 6) is 0.678. The van der Waals surface area contributed by atoms with Crippen molar-refractivity contribution in [3.63, 3.8) is 0 Å². The van der Waals surface area contributed by atoms with Gasteiger partial charge in [-0.1, -0.05) is 36.4 Å². The molecule has 0 spiro atoms. The molecule has 3 rings (SSSR count). The fourth-order valence-electron chi connectivity index (χ4n) is 2.34. The van der Waals surface area contributed by atoms with Crippen molar-refractivity contribution in [1.29, 1.82) is 0 Å². The van der Waals surface area contributed by atoms with E-state index in [0.29, 0.717) is 17.4 Å². The smallest absolute Gasteiger partial charge is 0.340 e. The molecule has 1 atom stereocenters. The van der Waals surface area contributed by atoms with Crippen molar-refractivity contribution in [3.05, 3.63) is 70.2 Å².